The number of nitrogens with one attached hydrogen (secondary N) is 2. The molecule has 0 saturated heterocycles. The number of guanidine groups is 1. The summed E-state index contributed by atoms with van der Waals surface area (Å²) < 4.78 is 15.7. The van der Waals surface area contributed by atoms with E-state index in [4.69, 9.17) is 14.2 Å². The molecule has 0 amide bonds. The second kappa shape index (κ2) is 11.8. The van der Waals surface area contributed by atoms with Gasteiger partial charge in [-0.05, 0) is 42.3 Å². The largest absolute Gasteiger partial charge is 0.497 e. The van der Waals surface area contributed by atoms with Crippen molar-refractivity contribution in [3.05, 3.63) is 59.7 Å². The average Bonchev–Trinajstić information content (AvgIpc) is 2.71. The van der Waals surface area contributed by atoms with Gasteiger partial charge in [0.15, 0.2) is 5.96 Å². The lowest BCUT2D eigenvalue weighted by Gasteiger charge is -2.12. The predicted octanol–water partition coefficient (Wildman–Crippen LogP) is 2.98. The Morgan fingerprint density at radius 3 is 2.15 bits per heavy atom. The lowest BCUT2D eigenvalue weighted by molar-refractivity contribution is 0.146. The maximum absolute atomic E-state index is 5.58. The maximum atomic E-state index is 5.58. The second-order valence-corrected chi connectivity index (χ2v) is 5.88. The summed E-state index contributed by atoms with van der Waals surface area (Å²) in [4.78, 5) is 4.64. The number of methoxy groups -OCH3 is 2. The van der Waals surface area contributed by atoms with Crippen LogP contribution >= 0.6 is 0 Å². The molecule has 0 saturated carbocycles. The van der Waals surface area contributed by atoms with E-state index >= 15 is 0 Å². The molecular formula is C21H29N3O3. The van der Waals surface area contributed by atoms with Crippen LogP contribution in [0.2, 0.25) is 0 Å². The molecule has 2 aromatic carbocycles. The van der Waals surface area contributed by atoms with E-state index in [9.17, 15) is 0 Å². The van der Waals surface area contributed by atoms with Crippen LogP contribution in [0.4, 0.5) is 0 Å². The van der Waals surface area contributed by atoms with E-state index in [2.05, 4.69) is 22.5 Å². The molecule has 6 nitrogen and oxygen atoms in total. The molecular weight excluding hydrogens is 342 g/mol. The van der Waals surface area contributed by atoms with Gasteiger partial charge >= 0.3 is 0 Å². The van der Waals surface area contributed by atoms with Crippen molar-refractivity contribution in [3.8, 4) is 11.5 Å². The minimum atomic E-state index is 0.552. The lowest BCUT2D eigenvalue weighted by Crippen LogP contribution is -2.36. The first-order valence-electron chi connectivity index (χ1n) is 9.11. The molecule has 0 fully saturated rings. The Bertz CT molecular complexity index is 685. The molecule has 0 unspecified atom stereocenters. The molecule has 2 rings (SSSR count). The highest BCUT2D eigenvalue weighted by Gasteiger charge is 2.00. The normalized spacial score (nSPS) is 11.1. The van der Waals surface area contributed by atoms with E-state index in [0.717, 1.165) is 35.1 Å². The summed E-state index contributed by atoms with van der Waals surface area (Å²) in [7, 11) is 3.33. The van der Waals surface area contributed by atoms with Crippen LogP contribution < -0.4 is 20.1 Å². The van der Waals surface area contributed by atoms with Crippen LogP contribution in [-0.2, 0) is 17.8 Å². The van der Waals surface area contributed by atoms with Crippen molar-refractivity contribution < 1.29 is 14.2 Å². The number of benzene rings is 2. The fourth-order valence-electron chi connectivity index (χ4n) is 2.38. The summed E-state index contributed by atoms with van der Waals surface area (Å²) in [5.74, 6) is 2.48. The highest BCUT2D eigenvalue weighted by Crippen LogP contribution is 2.13. The third-order valence-corrected chi connectivity index (χ3v) is 3.86. The number of aliphatic imine (C=N–C) groups is 1. The molecule has 0 aromatic heterocycles. The quantitative estimate of drug-likeness (QED) is 0.382. The highest BCUT2D eigenvalue weighted by atomic mass is 16.5. The number of hydrogen-bond acceptors (Lipinski definition) is 4. The second-order valence-electron chi connectivity index (χ2n) is 5.88. The molecule has 0 aliphatic rings. The Labute approximate surface area is 161 Å². The van der Waals surface area contributed by atoms with Crippen molar-refractivity contribution >= 4 is 5.96 Å². The van der Waals surface area contributed by atoms with Gasteiger partial charge in [-0.3, -0.25) is 0 Å². The van der Waals surface area contributed by atoms with Gasteiger partial charge in [-0.1, -0.05) is 24.3 Å². The van der Waals surface area contributed by atoms with Crippen LogP contribution in [-0.4, -0.2) is 39.9 Å². The van der Waals surface area contributed by atoms with Gasteiger partial charge < -0.3 is 24.8 Å². The molecule has 0 spiro atoms. The van der Waals surface area contributed by atoms with Crippen LogP contribution in [0.5, 0.6) is 11.5 Å². The lowest BCUT2D eigenvalue weighted by atomic mass is 10.2. The molecule has 146 valence electrons. The fourth-order valence-corrected chi connectivity index (χ4v) is 2.38. The van der Waals surface area contributed by atoms with E-state index in [0.29, 0.717) is 26.3 Å². The Morgan fingerprint density at radius 2 is 1.52 bits per heavy atom. The topological polar surface area (TPSA) is 64.1 Å². The molecule has 0 atom stereocenters. The summed E-state index contributed by atoms with van der Waals surface area (Å²) in [6, 6.07) is 16.0. The van der Waals surface area contributed by atoms with Gasteiger partial charge in [0.1, 0.15) is 18.1 Å². The fraction of sp³-hybridized carbons (Fsp3) is 0.381. The number of rotatable bonds is 10. The highest BCUT2D eigenvalue weighted by molar-refractivity contribution is 5.79. The van der Waals surface area contributed by atoms with Gasteiger partial charge in [0.25, 0.3) is 0 Å². The van der Waals surface area contributed by atoms with Gasteiger partial charge in [-0.15, -0.1) is 0 Å². The van der Waals surface area contributed by atoms with E-state index in [-0.39, 0.29) is 0 Å². The Balaban J connectivity index is 1.87. The Morgan fingerprint density at radius 1 is 0.852 bits per heavy atom. The molecule has 27 heavy (non-hydrogen) atoms. The third-order valence-electron chi connectivity index (χ3n) is 3.86. The van der Waals surface area contributed by atoms with Gasteiger partial charge in [0, 0.05) is 20.2 Å². The molecule has 2 aromatic rings. The first-order valence-corrected chi connectivity index (χ1v) is 9.11. The van der Waals surface area contributed by atoms with E-state index < -0.39 is 0 Å². The van der Waals surface area contributed by atoms with E-state index in [1.165, 1.54) is 0 Å². The van der Waals surface area contributed by atoms with Crippen molar-refractivity contribution in [1.29, 1.82) is 0 Å². The smallest absolute Gasteiger partial charge is 0.191 e. The molecule has 0 aliphatic carbocycles. The van der Waals surface area contributed by atoms with Crippen LogP contribution in [0.1, 0.15) is 18.1 Å². The van der Waals surface area contributed by atoms with Gasteiger partial charge in [0.2, 0.25) is 0 Å². The first kappa shape index (κ1) is 20.6. The summed E-state index contributed by atoms with van der Waals surface area (Å²) in [6.45, 7) is 5.28. The van der Waals surface area contributed by atoms with Crippen molar-refractivity contribution in [3.63, 3.8) is 0 Å². The average molecular weight is 371 g/mol. The standard InChI is InChI=1S/C21H29N3O3/c1-4-22-21(23-15-17-5-9-19(26-3)10-6-17)24-16-18-7-11-20(12-8-18)27-14-13-25-2/h5-12H,4,13-16H2,1-3H3,(H2,22,23,24). The molecule has 6 heteroatoms. The monoisotopic (exact) mass is 371 g/mol. The summed E-state index contributed by atoms with van der Waals surface area (Å²) in [6.07, 6.45) is 0. The number of hydrogen-bond donors (Lipinski definition) is 2. The Kier molecular flexibility index (Phi) is 9.00. The number of nitrogens with zero attached hydrogens (tertiary/aromatic N) is 1. The van der Waals surface area contributed by atoms with Crippen LogP contribution in [0, 0.1) is 0 Å². The van der Waals surface area contributed by atoms with Crippen LogP contribution in [0.25, 0.3) is 0 Å². The molecule has 2 N–H and O–H groups in total. The summed E-state index contributed by atoms with van der Waals surface area (Å²) in [5, 5.41) is 6.62. The van der Waals surface area contributed by atoms with Gasteiger partial charge in [0.05, 0.1) is 20.3 Å². The molecule has 0 bridgehead atoms. The molecule has 0 radical (unpaired) electrons. The SMILES string of the molecule is CCNC(=NCc1ccc(OC)cc1)NCc1ccc(OCCOC)cc1. The minimum absolute atomic E-state index is 0.552. The first-order chi connectivity index (χ1) is 13.2. The van der Waals surface area contributed by atoms with E-state index in [1.807, 2.05) is 48.5 Å². The minimum Gasteiger partial charge on any atom is -0.497 e. The van der Waals surface area contributed by atoms with Crippen molar-refractivity contribution in [1.82, 2.24) is 10.6 Å². The summed E-state index contributed by atoms with van der Waals surface area (Å²) >= 11 is 0. The number of ether oxygens (including phenoxy) is 3. The zero-order valence-electron chi connectivity index (χ0n) is 16.3. The summed E-state index contributed by atoms with van der Waals surface area (Å²) in [5.41, 5.74) is 2.29. The zero-order valence-corrected chi connectivity index (χ0v) is 16.3. The van der Waals surface area contributed by atoms with Crippen LogP contribution in [0.3, 0.4) is 0 Å². The third kappa shape index (κ3) is 7.58. The van der Waals surface area contributed by atoms with E-state index in [1.54, 1.807) is 14.2 Å². The van der Waals surface area contributed by atoms with Crippen molar-refractivity contribution in [2.24, 2.45) is 4.99 Å². The van der Waals surface area contributed by atoms with Gasteiger partial charge in [-0.25, -0.2) is 4.99 Å². The molecule has 0 aliphatic heterocycles. The predicted molar refractivity (Wildman–Crippen MR) is 108 cm³/mol. The van der Waals surface area contributed by atoms with Crippen molar-refractivity contribution in [2.75, 3.05) is 34.0 Å². The van der Waals surface area contributed by atoms with Gasteiger partial charge in [-0.2, -0.15) is 0 Å². The molecule has 0 heterocycles. The Hall–Kier alpha value is -2.73. The maximum Gasteiger partial charge on any atom is 0.191 e. The van der Waals surface area contributed by atoms with Crippen LogP contribution in [0.15, 0.2) is 53.5 Å². The van der Waals surface area contributed by atoms with Crippen molar-refractivity contribution in [2.45, 2.75) is 20.0 Å². The zero-order chi connectivity index (χ0) is 19.3.